The molecule has 1 atom stereocenters. The van der Waals surface area contributed by atoms with Crippen molar-refractivity contribution in [1.82, 2.24) is 5.32 Å². The maximum absolute atomic E-state index is 8.80. The van der Waals surface area contributed by atoms with Crippen LogP contribution in [0.1, 0.15) is 36.9 Å². The molecule has 0 aliphatic carbocycles. The summed E-state index contributed by atoms with van der Waals surface area (Å²) in [6, 6.07) is 10.1. The van der Waals surface area contributed by atoms with E-state index >= 15 is 0 Å². The van der Waals surface area contributed by atoms with E-state index in [4.69, 9.17) is 11.7 Å². The molecular formula is C14H16N2. The fraction of sp³-hybridized carbons (Fsp3) is 0.357. The summed E-state index contributed by atoms with van der Waals surface area (Å²) in [7, 11) is 0. The maximum Gasteiger partial charge on any atom is 0.0991 e. The lowest BCUT2D eigenvalue weighted by molar-refractivity contribution is 0.562. The monoisotopic (exact) mass is 212 g/mol. The summed E-state index contributed by atoms with van der Waals surface area (Å²) in [5.74, 6) is 2.62. The first-order valence-corrected chi connectivity index (χ1v) is 5.45. The molecule has 0 radical (unpaired) electrons. The summed E-state index contributed by atoms with van der Waals surface area (Å²) >= 11 is 0. The predicted octanol–water partition coefficient (Wildman–Crippen LogP) is 2.62. The van der Waals surface area contributed by atoms with Crippen LogP contribution in [-0.4, -0.2) is 6.54 Å². The third-order valence-electron chi connectivity index (χ3n) is 2.46. The fourth-order valence-corrected chi connectivity index (χ4v) is 1.50. The van der Waals surface area contributed by atoms with Crippen molar-refractivity contribution in [3.8, 4) is 18.4 Å². The van der Waals surface area contributed by atoms with E-state index in [2.05, 4.69) is 24.2 Å². The van der Waals surface area contributed by atoms with Crippen LogP contribution in [0.5, 0.6) is 0 Å². The Balaban J connectivity index is 2.50. The molecule has 82 valence electrons. The van der Waals surface area contributed by atoms with E-state index in [-0.39, 0.29) is 6.04 Å². The SMILES string of the molecule is C#CCCCNC(C)c1cccc(C#N)c1. The van der Waals surface area contributed by atoms with E-state index in [9.17, 15) is 0 Å². The Kier molecular flexibility index (Phi) is 5.12. The van der Waals surface area contributed by atoms with Gasteiger partial charge in [0.05, 0.1) is 11.6 Å². The van der Waals surface area contributed by atoms with Crippen molar-refractivity contribution in [2.75, 3.05) is 6.54 Å². The Bertz CT molecular complexity index is 409. The third-order valence-corrected chi connectivity index (χ3v) is 2.46. The van der Waals surface area contributed by atoms with Crippen LogP contribution in [0.2, 0.25) is 0 Å². The lowest BCUT2D eigenvalue weighted by Gasteiger charge is -2.13. The summed E-state index contributed by atoms with van der Waals surface area (Å²) in [5.41, 5.74) is 1.84. The summed E-state index contributed by atoms with van der Waals surface area (Å²) < 4.78 is 0. The molecule has 1 unspecified atom stereocenters. The minimum Gasteiger partial charge on any atom is -0.310 e. The van der Waals surface area contributed by atoms with Crippen LogP contribution < -0.4 is 5.32 Å². The smallest absolute Gasteiger partial charge is 0.0991 e. The highest BCUT2D eigenvalue weighted by Gasteiger charge is 2.04. The molecule has 0 saturated heterocycles. The minimum atomic E-state index is 0.256. The van der Waals surface area contributed by atoms with Gasteiger partial charge in [-0.05, 0) is 37.6 Å². The highest BCUT2D eigenvalue weighted by molar-refractivity contribution is 5.33. The number of unbranched alkanes of at least 4 members (excludes halogenated alkanes) is 1. The largest absolute Gasteiger partial charge is 0.310 e. The number of rotatable bonds is 5. The number of hydrogen-bond acceptors (Lipinski definition) is 2. The van der Waals surface area contributed by atoms with Crippen molar-refractivity contribution in [1.29, 1.82) is 5.26 Å². The van der Waals surface area contributed by atoms with Crippen molar-refractivity contribution in [2.24, 2.45) is 0 Å². The van der Waals surface area contributed by atoms with Gasteiger partial charge in [-0.2, -0.15) is 5.26 Å². The zero-order valence-corrected chi connectivity index (χ0v) is 9.53. The van der Waals surface area contributed by atoms with Crippen LogP contribution in [0.25, 0.3) is 0 Å². The van der Waals surface area contributed by atoms with Gasteiger partial charge in [0.15, 0.2) is 0 Å². The number of benzene rings is 1. The van der Waals surface area contributed by atoms with Crippen molar-refractivity contribution in [3.05, 3.63) is 35.4 Å². The summed E-state index contributed by atoms with van der Waals surface area (Å²) in [6.45, 7) is 2.99. The van der Waals surface area contributed by atoms with Gasteiger partial charge in [-0.3, -0.25) is 0 Å². The second-order valence-corrected chi connectivity index (χ2v) is 3.72. The summed E-state index contributed by atoms with van der Waals surface area (Å²) in [5, 5.41) is 12.2. The molecule has 0 bridgehead atoms. The van der Waals surface area contributed by atoms with Crippen molar-refractivity contribution in [2.45, 2.75) is 25.8 Å². The first-order valence-electron chi connectivity index (χ1n) is 5.45. The fourth-order valence-electron chi connectivity index (χ4n) is 1.50. The molecule has 0 heterocycles. The average Bonchev–Trinajstić information content (AvgIpc) is 2.34. The van der Waals surface area contributed by atoms with E-state index in [1.165, 1.54) is 0 Å². The lowest BCUT2D eigenvalue weighted by Crippen LogP contribution is -2.19. The molecule has 2 heteroatoms. The number of nitriles is 1. The van der Waals surface area contributed by atoms with Gasteiger partial charge in [0.2, 0.25) is 0 Å². The van der Waals surface area contributed by atoms with Crippen LogP contribution in [0, 0.1) is 23.7 Å². The molecule has 0 spiro atoms. The van der Waals surface area contributed by atoms with E-state index in [0.717, 1.165) is 24.9 Å². The molecule has 1 N–H and O–H groups in total. The van der Waals surface area contributed by atoms with Gasteiger partial charge in [-0.15, -0.1) is 12.3 Å². The molecule has 16 heavy (non-hydrogen) atoms. The van der Waals surface area contributed by atoms with Gasteiger partial charge in [-0.1, -0.05) is 12.1 Å². The van der Waals surface area contributed by atoms with Gasteiger partial charge in [-0.25, -0.2) is 0 Å². The van der Waals surface area contributed by atoms with Gasteiger partial charge in [0.1, 0.15) is 0 Å². The summed E-state index contributed by atoms with van der Waals surface area (Å²) in [6.07, 6.45) is 6.97. The molecule has 2 nitrogen and oxygen atoms in total. The zero-order chi connectivity index (χ0) is 11.8. The molecule has 0 fully saturated rings. The molecule has 1 aromatic rings. The lowest BCUT2D eigenvalue weighted by atomic mass is 10.1. The van der Waals surface area contributed by atoms with Crippen molar-refractivity contribution in [3.63, 3.8) is 0 Å². The molecule has 0 saturated carbocycles. The highest BCUT2D eigenvalue weighted by Crippen LogP contribution is 2.13. The second-order valence-electron chi connectivity index (χ2n) is 3.72. The van der Waals surface area contributed by atoms with E-state index in [1.54, 1.807) is 0 Å². The molecule has 0 aromatic heterocycles. The van der Waals surface area contributed by atoms with E-state index < -0.39 is 0 Å². The number of nitrogens with one attached hydrogen (secondary N) is 1. The molecule has 1 rings (SSSR count). The standard InChI is InChI=1S/C14H16N2/c1-3-4-5-9-16-12(2)14-8-6-7-13(10-14)11-15/h1,6-8,10,12,16H,4-5,9H2,2H3. The highest BCUT2D eigenvalue weighted by atomic mass is 14.9. The van der Waals surface area contributed by atoms with Gasteiger partial charge < -0.3 is 5.32 Å². The van der Waals surface area contributed by atoms with E-state index in [0.29, 0.717) is 5.56 Å². The maximum atomic E-state index is 8.80. The molecule has 0 aliphatic heterocycles. The number of hydrogen-bond donors (Lipinski definition) is 1. The van der Waals surface area contributed by atoms with Crippen LogP contribution in [0.3, 0.4) is 0 Å². The number of terminal acetylenes is 1. The van der Waals surface area contributed by atoms with Gasteiger partial charge in [0.25, 0.3) is 0 Å². The average molecular weight is 212 g/mol. The molecular weight excluding hydrogens is 196 g/mol. The van der Waals surface area contributed by atoms with Crippen molar-refractivity contribution >= 4 is 0 Å². The van der Waals surface area contributed by atoms with Crippen LogP contribution in [-0.2, 0) is 0 Å². The Morgan fingerprint density at radius 2 is 2.31 bits per heavy atom. The Morgan fingerprint density at radius 1 is 1.50 bits per heavy atom. The zero-order valence-electron chi connectivity index (χ0n) is 9.53. The Morgan fingerprint density at radius 3 is 3.00 bits per heavy atom. The molecule has 0 aliphatic rings. The minimum absolute atomic E-state index is 0.256. The third kappa shape index (κ3) is 3.77. The predicted molar refractivity (Wildman–Crippen MR) is 65.6 cm³/mol. The molecule has 0 amide bonds. The van der Waals surface area contributed by atoms with Gasteiger partial charge >= 0.3 is 0 Å². The normalized spacial score (nSPS) is 11.4. The van der Waals surface area contributed by atoms with Crippen LogP contribution in [0.15, 0.2) is 24.3 Å². The number of nitrogens with zero attached hydrogens (tertiary/aromatic N) is 1. The van der Waals surface area contributed by atoms with Crippen LogP contribution >= 0.6 is 0 Å². The Hall–Kier alpha value is -1.77. The first kappa shape index (κ1) is 12.3. The topological polar surface area (TPSA) is 35.8 Å². The quantitative estimate of drug-likeness (QED) is 0.601. The van der Waals surface area contributed by atoms with Crippen LogP contribution in [0.4, 0.5) is 0 Å². The Labute approximate surface area is 97.3 Å². The van der Waals surface area contributed by atoms with Crippen molar-refractivity contribution < 1.29 is 0 Å². The summed E-state index contributed by atoms with van der Waals surface area (Å²) in [4.78, 5) is 0. The van der Waals surface area contributed by atoms with E-state index in [1.807, 2.05) is 24.3 Å². The second kappa shape index (κ2) is 6.67. The molecule has 1 aromatic carbocycles. The van der Waals surface area contributed by atoms with Gasteiger partial charge in [0, 0.05) is 12.5 Å². The first-order chi connectivity index (χ1) is 7.77.